The first-order valence-electron chi connectivity index (χ1n) is 5.00. The number of hydrogen-bond acceptors (Lipinski definition) is 3. The third kappa shape index (κ3) is 2.71. The van der Waals surface area contributed by atoms with Crippen molar-refractivity contribution >= 4 is 11.6 Å². The van der Waals surface area contributed by atoms with Gasteiger partial charge in [0.1, 0.15) is 22.5 Å². The molecule has 0 atom stereocenters. The van der Waals surface area contributed by atoms with E-state index in [1.807, 2.05) is 0 Å². The van der Waals surface area contributed by atoms with E-state index in [4.69, 9.17) is 16.3 Å². The molecule has 3 nitrogen and oxygen atoms in total. The molecule has 0 aliphatic heterocycles. The molecule has 0 aliphatic carbocycles. The molecule has 0 amide bonds. The van der Waals surface area contributed by atoms with Crippen LogP contribution in [0.4, 0.5) is 4.39 Å². The van der Waals surface area contributed by atoms with Gasteiger partial charge in [-0.25, -0.2) is 9.37 Å². The van der Waals surface area contributed by atoms with Crippen LogP contribution in [-0.4, -0.2) is 9.97 Å². The number of hydrogen-bond donors (Lipinski definition) is 0. The van der Waals surface area contributed by atoms with E-state index in [1.165, 1.54) is 24.3 Å². The summed E-state index contributed by atoms with van der Waals surface area (Å²) in [5, 5.41) is 0.356. The molecule has 0 saturated carbocycles. The van der Waals surface area contributed by atoms with Gasteiger partial charge in [-0.05, 0) is 38.1 Å². The van der Waals surface area contributed by atoms with Gasteiger partial charge in [-0.1, -0.05) is 11.6 Å². The Morgan fingerprint density at radius 3 is 2.41 bits per heavy atom. The van der Waals surface area contributed by atoms with Crippen LogP contribution < -0.4 is 4.74 Å². The van der Waals surface area contributed by atoms with Crippen molar-refractivity contribution in [2.75, 3.05) is 0 Å². The van der Waals surface area contributed by atoms with Crippen LogP contribution in [0.5, 0.6) is 11.6 Å². The summed E-state index contributed by atoms with van der Waals surface area (Å²) < 4.78 is 18.3. The van der Waals surface area contributed by atoms with Crippen molar-refractivity contribution in [3.8, 4) is 11.6 Å². The van der Waals surface area contributed by atoms with Gasteiger partial charge < -0.3 is 4.74 Å². The van der Waals surface area contributed by atoms with Gasteiger partial charge in [0.25, 0.3) is 0 Å². The van der Waals surface area contributed by atoms with Gasteiger partial charge in [0, 0.05) is 5.56 Å². The molecule has 1 heterocycles. The maximum Gasteiger partial charge on any atom is 0.226 e. The number of ether oxygens (including phenoxy) is 1. The van der Waals surface area contributed by atoms with Crippen LogP contribution in [0.25, 0.3) is 0 Å². The Morgan fingerprint density at radius 1 is 1.12 bits per heavy atom. The fourth-order valence-electron chi connectivity index (χ4n) is 1.28. The Bertz CT molecular complexity index is 543. The number of nitrogens with zero attached hydrogens (tertiary/aromatic N) is 2. The van der Waals surface area contributed by atoms with E-state index in [0.717, 1.165) is 0 Å². The minimum atomic E-state index is -0.314. The molecule has 0 unspecified atom stereocenters. The average molecular weight is 253 g/mol. The Balaban J connectivity index is 2.32. The molecule has 0 radical (unpaired) electrons. The van der Waals surface area contributed by atoms with Gasteiger partial charge >= 0.3 is 0 Å². The van der Waals surface area contributed by atoms with E-state index in [-0.39, 0.29) is 5.82 Å². The minimum Gasteiger partial charge on any atom is -0.439 e. The first kappa shape index (κ1) is 11.8. The Hall–Kier alpha value is -1.68. The molecular weight excluding hydrogens is 243 g/mol. The maximum atomic E-state index is 12.7. The lowest BCUT2D eigenvalue weighted by Crippen LogP contribution is -1.97. The number of benzene rings is 1. The average Bonchev–Trinajstić information content (AvgIpc) is 2.28. The number of rotatable bonds is 2. The molecule has 2 rings (SSSR count). The summed E-state index contributed by atoms with van der Waals surface area (Å²) in [6.45, 7) is 3.49. The van der Waals surface area contributed by atoms with Gasteiger partial charge in [-0.15, -0.1) is 0 Å². The molecule has 1 aromatic carbocycles. The Kier molecular flexibility index (Phi) is 3.24. The molecule has 0 aliphatic rings. The lowest BCUT2D eigenvalue weighted by molar-refractivity contribution is 0.454. The largest absolute Gasteiger partial charge is 0.439 e. The molecule has 0 fully saturated rings. The van der Waals surface area contributed by atoms with Gasteiger partial charge in [-0.2, -0.15) is 4.98 Å². The second kappa shape index (κ2) is 4.67. The maximum absolute atomic E-state index is 12.7. The van der Waals surface area contributed by atoms with Crippen molar-refractivity contribution < 1.29 is 9.13 Å². The highest BCUT2D eigenvalue weighted by atomic mass is 35.5. The summed E-state index contributed by atoms with van der Waals surface area (Å²) in [6, 6.07) is 5.70. The van der Waals surface area contributed by atoms with Crippen molar-refractivity contribution in [2.45, 2.75) is 13.8 Å². The van der Waals surface area contributed by atoms with Crippen molar-refractivity contribution in [3.63, 3.8) is 0 Å². The zero-order chi connectivity index (χ0) is 12.4. The first-order valence-corrected chi connectivity index (χ1v) is 5.38. The molecule has 5 heteroatoms. The summed E-state index contributed by atoms with van der Waals surface area (Å²) in [7, 11) is 0. The molecule has 1 aromatic heterocycles. The van der Waals surface area contributed by atoms with E-state index < -0.39 is 0 Å². The topological polar surface area (TPSA) is 35.0 Å². The fraction of sp³-hybridized carbons (Fsp3) is 0.167. The van der Waals surface area contributed by atoms with Crippen molar-refractivity contribution in [2.24, 2.45) is 0 Å². The summed E-state index contributed by atoms with van der Waals surface area (Å²) in [6.07, 6.45) is 0. The summed E-state index contributed by atoms with van der Waals surface area (Å²) in [5.74, 6) is 1.10. The van der Waals surface area contributed by atoms with Gasteiger partial charge in [-0.3, -0.25) is 0 Å². The van der Waals surface area contributed by atoms with Gasteiger partial charge in [0.05, 0.1) is 0 Å². The van der Waals surface area contributed by atoms with Crippen molar-refractivity contribution in [1.29, 1.82) is 0 Å². The fourth-order valence-corrected chi connectivity index (χ4v) is 1.49. The van der Waals surface area contributed by atoms with E-state index in [0.29, 0.717) is 28.2 Å². The number of halogens is 2. The van der Waals surface area contributed by atoms with Crippen LogP contribution in [0.3, 0.4) is 0 Å². The highest BCUT2D eigenvalue weighted by molar-refractivity contribution is 6.30. The normalized spacial score (nSPS) is 10.4. The second-order valence-electron chi connectivity index (χ2n) is 3.55. The van der Waals surface area contributed by atoms with E-state index >= 15 is 0 Å². The predicted octanol–water partition coefficient (Wildman–Crippen LogP) is 3.68. The highest BCUT2D eigenvalue weighted by Crippen LogP contribution is 2.26. The molecule has 2 aromatic rings. The molecule has 17 heavy (non-hydrogen) atoms. The monoisotopic (exact) mass is 252 g/mol. The predicted molar refractivity (Wildman–Crippen MR) is 63.0 cm³/mol. The molecule has 0 saturated heterocycles. The third-order valence-corrected chi connectivity index (χ3v) is 2.55. The SMILES string of the molecule is Cc1nc(Cl)c(C)c(Oc2ccc(F)cc2)n1. The number of aryl methyl sites for hydroxylation is 1. The van der Waals surface area contributed by atoms with E-state index in [2.05, 4.69) is 9.97 Å². The quantitative estimate of drug-likeness (QED) is 0.765. The second-order valence-corrected chi connectivity index (χ2v) is 3.91. The van der Waals surface area contributed by atoms with Crippen LogP contribution in [0.1, 0.15) is 11.4 Å². The molecule has 0 bridgehead atoms. The molecule has 88 valence electrons. The van der Waals surface area contributed by atoms with Crippen molar-refractivity contribution in [1.82, 2.24) is 9.97 Å². The molecular formula is C12H10ClFN2O. The number of aromatic nitrogens is 2. The van der Waals surface area contributed by atoms with E-state index in [9.17, 15) is 4.39 Å². The molecule has 0 spiro atoms. The van der Waals surface area contributed by atoms with Crippen LogP contribution in [0, 0.1) is 19.7 Å². The zero-order valence-electron chi connectivity index (χ0n) is 9.37. The zero-order valence-corrected chi connectivity index (χ0v) is 10.1. The summed E-state index contributed by atoms with van der Waals surface area (Å²) >= 11 is 5.92. The summed E-state index contributed by atoms with van der Waals surface area (Å²) in [4.78, 5) is 8.14. The minimum absolute atomic E-state index is 0.314. The van der Waals surface area contributed by atoms with Crippen LogP contribution >= 0.6 is 11.6 Å². The van der Waals surface area contributed by atoms with E-state index in [1.54, 1.807) is 13.8 Å². The lowest BCUT2D eigenvalue weighted by Gasteiger charge is -2.08. The smallest absolute Gasteiger partial charge is 0.226 e. The van der Waals surface area contributed by atoms with Crippen molar-refractivity contribution in [3.05, 3.63) is 46.6 Å². The summed E-state index contributed by atoms with van der Waals surface area (Å²) in [5.41, 5.74) is 0.654. The highest BCUT2D eigenvalue weighted by Gasteiger charge is 2.09. The first-order chi connectivity index (χ1) is 8.06. The van der Waals surface area contributed by atoms with Crippen LogP contribution in [-0.2, 0) is 0 Å². The Morgan fingerprint density at radius 2 is 1.76 bits per heavy atom. The standard InChI is InChI=1S/C12H10ClFN2O/c1-7-11(13)15-8(2)16-12(7)17-10-5-3-9(14)4-6-10/h3-6H,1-2H3. The Labute approximate surface area is 103 Å². The molecule has 0 N–H and O–H groups in total. The lowest BCUT2D eigenvalue weighted by atomic mass is 10.3. The van der Waals surface area contributed by atoms with Crippen LogP contribution in [0.15, 0.2) is 24.3 Å². The van der Waals surface area contributed by atoms with Crippen LogP contribution in [0.2, 0.25) is 5.15 Å². The van der Waals surface area contributed by atoms with Gasteiger partial charge in [0.2, 0.25) is 5.88 Å². The third-order valence-electron chi connectivity index (χ3n) is 2.18. The van der Waals surface area contributed by atoms with Gasteiger partial charge in [0.15, 0.2) is 0 Å².